The highest BCUT2D eigenvalue weighted by molar-refractivity contribution is 6.04. The highest BCUT2D eigenvalue weighted by Gasteiger charge is 2.28. The normalized spacial score (nSPS) is 15.1. The number of ether oxygens (including phenoxy) is 1. The van der Waals surface area contributed by atoms with Crippen molar-refractivity contribution < 1.29 is 19.4 Å². The first-order valence-electron chi connectivity index (χ1n) is 11.8. The smallest absolute Gasteiger partial charge is 0.258 e. The fraction of sp³-hybridized carbons (Fsp3) is 0.269. The van der Waals surface area contributed by atoms with Crippen LogP contribution in [0.3, 0.4) is 0 Å². The molecule has 0 unspecified atom stereocenters. The number of para-hydroxylation sites is 1. The van der Waals surface area contributed by atoms with Crippen molar-refractivity contribution in [2.24, 2.45) is 0 Å². The highest BCUT2D eigenvalue weighted by atomic mass is 16.6. The van der Waals surface area contributed by atoms with Crippen LogP contribution < -0.4 is 5.32 Å². The van der Waals surface area contributed by atoms with Gasteiger partial charge in [0.1, 0.15) is 19.6 Å². The van der Waals surface area contributed by atoms with E-state index in [-0.39, 0.29) is 10.6 Å². The van der Waals surface area contributed by atoms with E-state index in [2.05, 4.69) is 15.5 Å². The van der Waals surface area contributed by atoms with Crippen LogP contribution in [0.25, 0.3) is 16.8 Å². The predicted molar refractivity (Wildman–Crippen MR) is 131 cm³/mol. The third-order valence-electron chi connectivity index (χ3n) is 6.28. The number of hydrogen-bond acceptors (Lipinski definition) is 5. The number of aromatic amines is 1. The molecule has 0 aliphatic carbocycles. The molecule has 3 N–H and O–H groups in total. The number of quaternary nitrogens is 1. The van der Waals surface area contributed by atoms with E-state index in [1.54, 1.807) is 18.5 Å². The summed E-state index contributed by atoms with van der Waals surface area (Å²) in [6, 6.07) is 17.2. The zero-order valence-electron chi connectivity index (χ0n) is 19.4. The van der Waals surface area contributed by atoms with Gasteiger partial charge in [0.05, 0.1) is 25.1 Å². The van der Waals surface area contributed by atoms with Crippen LogP contribution in [-0.2, 0) is 11.2 Å². The second kappa shape index (κ2) is 10.2. The molecule has 0 radical (unpaired) electrons. The SMILES string of the molecule is O=C(Nc1nc(CCC[N+]2(O)CCOCC2)cn1-c1ccccc1)c1cccc(-c2cn[nH]c2)c1. The number of aryl methyl sites for hydroxylation is 1. The molecule has 2 aromatic carbocycles. The van der Waals surface area contributed by atoms with Gasteiger partial charge >= 0.3 is 0 Å². The number of carbonyl (C=O) groups excluding carboxylic acids is 1. The average molecular weight is 474 g/mol. The van der Waals surface area contributed by atoms with Crippen molar-refractivity contribution in [1.29, 1.82) is 0 Å². The maximum absolute atomic E-state index is 13.2. The molecule has 9 heteroatoms. The summed E-state index contributed by atoms with van der Waals surface area (Å²) in [4.78, 5) is 17.9. The lowest BCUT2D eigenvalue weighted by molar-refractivity contribution is -1.11. The van der Waals surface area contributed by atoms with Gasteiger partial charge in [0.2, 0.25) is 5.95 Å². The Hall–Kier alpha value is -3.79. The molecule has 5 rings (SSSR count). The Morgan fingerprint density at radius 1 is 1.11 bits per heavy atom. The van der Waals surface area contributed by atoms with E-state index >= 15 is 0 Å². The van der Waals surface area contributed by atoms with E-state index in [1.165, 1.54) is 0 Å². The van der Waals surface area contributed by atoms with Gasteiger partial charge in [-0.05, 0) is 36.2 Å². The second-order valence-corrected chi connectivity index (χ2v) is 8.77. The second-order valence-electron chi connectivity index (χ2n) is 8.77. The Kier molecular flexibility index (Phi) is 6.71. The van der Waals surface area contributed by atoms with Gasteiger partial charge < -0.3 is 4.74 Å². The van der Waals surface area contributed by atoms with Crippen LogP contribution in [0.15, 0.2) is 73.2 Å². The number of hydrogen-bond donors (Lipinski definition) is 3. The van der Waals surface area contributed by atoms with Crippen molar-refractivity contribution >= 4 is 11.9 Å². The molecule has 3 heterocycles. The number of imidazole rings is 1. The lowest BCUT2D eigenvalue weighted by Crippen LogP contribution is -2.53. The third-order valence-corrected chi connectivity index (χ3v) is 6.28. The number of rotatable bonds is 8. The highest BCUT2D eigenvalue weighted by Crippen LogP contribution is 2.22. The first kappa shape index (κ1) is 23.0. The summed E-state index contributed by atoms with van der Waals surface area (Å²) in [6.45, 7) is 3.02. The van der Waals surface area contributed by atoms with Gasteiger partial charge in [-0.25, -0.2) is 10.2 Å². The first-order valence-corrected chi connectivity index (χ1v) is 11.8. The summed E-state index contributed by atoms with van der Waals surface area (Å²) < 4.78 is 7.29. The van der Waals surface area contributed by atoms with Crippen molar-refractivity contribution in [3.63, 3.8) is 0 Å². The molecule has 1 aliphatic heterocycles. The lowest BCUT2D eigenvalue weighted by Gasteiger charge is -2.33. The number of benzene rings is 2. The first-order chi connectivity index (χ1) is 17.1. The van der Waals surface area contributed by atoms with Crippen molar-refractivity contribution in [3.05, 3.63) is 84.4 Å². The number of anilines is 1. The summed E-state index contributed by atoms with van der Waals surface area (Å²) >= 11 is 0. The Morgan fingerprint density at radius 2 is 1.94 bits per heavy atom. The number of morpholine rings is 1. The molecular weight excluding hydrogens is 444 g/mol. The molecule has 1 saturated heterocycles. The van der Waals surface area contributed by atoms with Gasteiger partial charge in [0, 0.05) is 35.6 Å². The van der Waals surface area contributed by atoms with Crippen LogP contribution in [0.1, 0.15) is 22.5 Å². The van der Waals surface area contributed by atoms with E-state index < -0.39 is 0 Å². The number of amides is 1. The summed E-state index contributed by atoms with van der Waals surface area (Å²) in [7, 11) is 0. The number of nitrogens with one attached hydrogen (secondary N) is 2. The topological polar surface area (TPSA) is 105 Å². The number of nitrogens with zero attached hydrogens (tertiary/aromatic N) is 4. The van der Waals surface area contributed by atoms with Crippen LogP contribution in [0.5, 0.6) is 0 Å². The number of aromatic nitrogens is 4. The Labute approximate surface area is 203 Å². The fourth-order valence-electron chi connectivity index (χ4n) is 4.31. The minimum atomic E-state index is -0.238. The summed E-state index contributed by atoms with van der Waals surface area (Å²) in [5.41, 5.74) is 4.12. The van der Waals surface area contributed by atoms with Gasteiger partial charge in [-0.3, -0.25) is 19.8 Å². The summed E-state index contributed by atoms with van der Waals surface area (Å²) in [5.74, 6) is 0.224. The van der Waals surface area contributed by atoms with Gasteiger partial charge in [-0.2, -0.15) is 9.75 Å². The van der Waals surface area contributed by atoms with E-state index in [4.69, 9.17) is 9.72 Å². The Balaban J connectivity index is 1.34. The van der Waals surface area contributed by atoms with Crippen LogP contribution in [0.2, 0.25) is 0 Å². The van der Waals surface area contributed by atoms with Crippen LogP contribution in [-0.4, -0.2) is 68.4 Å². The number of carbonyl (C=O) groups is 1. The monoisotopic (exact) mass is 473 g/mol. The van der Waals surface area contributed by atoms with Crippen molar-refractivity contribution in [2.45, 2.75) is 12.8 Å². The molecule has 0 spiro atoms. The fourth-order valence-corrected chi connectivity index (χ4v) is 4.31. The molecule has 2 aromatic heterocycles. The zero-order valence-corrected chi connectivity index (χ0v) is 19.4. The van der Waals surface area contributed by atoms with Crippen molar-refractivity contribution in [1.82, 2.24) is 19.7 Å². The quantitative estimate of drug-likeness (QED) is 0.339. The van der Waals surface area contributed by atoms with Crippen LogP contribution >= 0.6 is 0 Å². The van der Waals surface area contributed by atoms with Crippen LogP contribution in [0.4, 0.5) is 5.95 Å². The maximum atomic E-state index is 13.2. The lowest BCUT2D eigenvalue weighted by atomic mass is 10.1. The van der Waals surface area contributed by atoms with E-state index in [0.29, 0.717) is 50.8 Å². The van der Waals surface area contributed by atoms with E-state index in [9.17, 15) is 10.0 Å². The van der Waals surface area contributed by atoms with E-state index in [0.717, 1.165) is 28.9 Å². The largest absolute Gasteiger partial charge is 0.370 e. The molecule has 1 aliphatic rings. The summed E-state index contributed by atoms with van der Waals surface area (Å²) in [6.07, 6.45) is 6.94. The zero-order chi connectivity index (χ0) is 24.1. The Morgan fingerprint density at radius 3 is 2.71 bits per heavy atom. The summed E-state index contributed by atoms with van der Waals surface area (Å²) in [5, 5.41) is 20.5. The van der Waals surface area contributed by atoms with Crippen molar-refractivity contribution in [2.75, 3.05) is 38.2 Å². The minimum Gasteiger partial charge on any atom is -0.370 e. The molecule has 1 amide bonds. The number of H-pyrrole nitrogens is 1. The molecule has 0 bridgehead atoms. The molecule has 1 fully saturated rings. The maximum Gasteiger partial charge on any atom is 0.258 e. The van der Waals surface area contributed by atoms with Gasteiger partial charge in [-0.1, -0.05) is 30.3 Å². The molecular formula is C26H29N6O3+. The standard InChI is InChI=1S/C26H28N6O3/c33-25(21-7-4-6-20(16-21)22-17-27-28-18-22)30-26-29-23(19-31(26)24-9-2-1-3-10-24)8-5-11-32(34)12-14-35-15-13-32/h1-4,6-7,9-10,16-19,34H,5,8,11-15H2,(H-,27,28,29,30,33)/p+1. The van der Waals surface area contributed by atoms with Gasteiger partial charge in [-0.15, -0.1) is 0 Å². The number of hydroxylamine groups is 3. The van der Waals surface area contributed by atoms with E-state index in [1.807, 2.05) is 59.3 Å². The molecule has 0 atom stereocenters. The molecule has 35 heavy (non-hydrogen) atoms. The van der Waals surface area contributed by atoms with Gasteiger partial charge in [0.15, 0.2) is 0 Å². The van der Waals surface area contributed by atoms with Gasteiger partial charge in [0.25, 0.3) is 5.91 Å². The molecule has 4 aromatic rings. The molecule has 180 valence electrons. The van der Waals surface area contributed by atoms with Crippen molar-refractivity contribution in [3.8, 4) is 16.8 Å². The third kappa shape index (κ3) is 5.48. The molecule has 9 nitrogen and oxygen atoms in total. The predicted octanol–water partition coefficient (Wildman–Crippen LogP) is 3.68. The Bertz CT molecular complexity index is 1260. The molecule has 0 saturated carbocycles. The minimum absolute atomic E-state index is 0.0377. The van der Waals surface area contributed by atoms with Crippen LogP contribution in [0, 0.1) is 0 Å². The average Bonchev–Trinajstić information content (AvgIpc) is 3.56.